The number of anilines is 1. The third-order valence-electron chi connectivity index (χ3n) is 6.10. The summed E-state index contributed by atoms with van der Waals surface area (Å²) in [6.45, 7) is 8.99. The van der Waals surface area contributed by atoms with Crippen LogP contribution in [0.3, 0.4) is 0 Å². The molecule has 0 radical (unpaired) electrons. The minimum Gasteiger partial charge on any atom is -0.350 e. The van der Waals surface area contributed by atoms with Gasteiger partial charge < -0.3 is 10.2 Å². The number of nitrogens with one attached hydrogen (secondary N) is 1. The first kappa shape index (κ1) is 28.9. The van der Waals surface area contributed by atoms with Crippen molar-refractivity contribution in [3.05, 3.63) is 96.1 Å². The van der Waals surface area contributed by atoms with Crippen molar-refractivity contribution >= 4 is 27.5 Å². The minimum absolute atomic E-state index is 0.0838. The molecule has 0 aliphatic rings. The molecule has 38 heavy (non-hydrogen) atoms. The quantitative estimate of drug-likeness (QED) is 0.405. The maximum absolute atomic E-state index is 13.9. The predicted octanol–water partition coefficient (Wildman–Crippen LogP) is 4.78. The molecule has 3 rings (SSSR count). The molecule has 0 spiro atoms. The summed E-state index contributed by atoms with van der Waals surface area (Å²) in [4.78, 5) is 28.5. The molecule has 0 aromatic heterocycles. The van der Waals surface area contributed by atoms with E-state index < -0.39 is 34.1 Å². The fourth-order valence-corrected chi connectivity index (χ4v) is 5.42. The molecule has 8 heteroatoms. The van der Waals surface area contributed by atoms with Gasteiger partial charge >= 0.3 is 0 Å². The molecule has 202 valence electrons. The highest BCUT2D eigenvalue weighted by Gasteiger charge is 2.33. The summed E-state index contributed by atoms with van der Waals surface area (Å²) in [5.74, 6) is -0.795. The Kier molecular flexibility index (Phi) is 9.33. The predicted molar refractivity (Wildman–Crippen MR) is 151 cm³/mol. The normalized spacial score (nSPS) is 12.4. The van der Waals surface area contributed by atoms with Crippen LogP contribution in [-0.4, -0.2) is 43.3 Å². The van der Waals surface area contributed by atoms with Crippen LogP contribution in [0.15, 0.2) is 89.8 Å². The van der Waals surface area contributed by atoms with Crippen molar-refractivity contribution in [2.45, 2.75) is 64.1 Å². The van der Waals surface area contributed by atoms with Gasteiger partial charge in [0.05, 0.1) is 10.6 Å². The van der Waals surface area contributed by atoms with Crippen LogP contribution >= 0.6 is 0 Å². The fourth-order valence-electron chi connectivity index (χ4n) is 3.98. The van der Waals surface area contributed by atoms with E-state index in [4.69, 9.17) is 0 Å². The van der Waals surface area contributed by atoms with Crippen molar-refractivity contribution in [3.63, 3.8) is 0 Å². The van der Waals surface area contributed by atoms with Crippen molar-refractivity contribution in [1.82, 2.24) is 10.2 Å². The van der Waals surface area contributed by atoms with Crippen LogP contribution in [0, 0.1) is 0 Å². The van der Waals surface area contributed by atoms with Crippen LogP contribution in [0.5, 0.6) is 0 Å². The Hall–Kier alpha value is -3.65. The smallest absolute Gasteiger partial charge is 0.264 e. The van der Waals surface area contributed by atoms with Crippen LogP contribution in [0.25, 0.3) is 0 Å². The summed E-state index contributed by atoms with van der Waals surface area (Å²) in [5, 5.41) is 2.93. The molecule has 0 saturated carbocycles. The van der Waals surface area contributed by atoms with Crippen molar-refractivity contribution in [1.29, 1.82) is 0 Å². The Labute approximate surface area is 226 Å². The number of carbonyl (C=O) groups is 2. The second-order valence-electron chi connectivity index (χ2n) is 10.3. The van der Waals surface area contributed by atoms with Crippen LogP contribution in [-0.2, 0) is 32.6 Å². The van der Waals surface area contributed by atoms with Gasteiger partial charge in [-0.1, -0.05) is 67.6 Å². The Morgan fingerprint density at radius 3 is 1.92 bits per heavy atom. The lowest BCUT2D eigenvalue weighted by atomic mass is 10.1. The van der Waals surface area contributed by atoms with E-state index in [0.717, 1.165) is 21.9 Å². The number of hydrogen-bond acceptors (Lipinski definition) is 4. The molecule has 3 aromatic carbocycles. The Bertz CT molecular complexity index is 1320. The standard InChI is InChI=1S/C30H37N3O4S/c1-6-24-17-19-26(20-18-24)33(38(36,37)27-15-11-8-12-16-27)22-28(34)32(21-25-13-9-7-10-14-25)23(2)29(35)31-30(3,4)5/h7-20,23H,6,21-22H2,1-5H3,(H,31,35)/t23-/m0/s1. The molecular formula is C30H37N3O4S. The van der Waals surface area contributed by atoms with Gasteiger partial charge in [-0.3, -0.25) is 13.9 Å². The molecule has 0 aliphatic heterocycles. The molecule has 0 aliphatic carbocycles. The van der Waals surface area contributed by atoms with Crippen molar-refractivity contribution in [3.8, 4) is 0 Å². The highest BCUT2D eigenvalue weighted by molar-refractivity contribution is 7.92. The van der Waals surface area contributed by atoms with Gasteiger partial charge in [0, 0.05) is 12.1 Å². The van der Waals surface area contributed by atoms with Gasteiger partial charge in [-0.2, -0.15) is 0 Å². The lowest BCUT2D eigenvalue weighted by Gasteiger charge is -2.33. The van der Waals surface area contributed by atoms with Crippen LogP contribution in [0.2, 0.25) is 0 Å². The van der Waals surface area contributed by atoms with E-state index in [1.807, 2.05) is 70.2 Å². The number of nitrogens with zero attached hydrogens (tertiary/aromatic N) is 2. The SMILES string of the molecule is CCc1ccc(N(CC(=O)N(Cc2ccccc2)[C@@H](C)C(=O)NC(C)(C)C)S(=O)(=O)c2ccccc2)cc1. The number of benzene rings is 3. The lowest BCUT2D eigenvalue weighted by Crippen LogP contribution is -2.54. The van der Waals surface area contributed by atoms with Gasteiger partial charge in [0.15, 0.2) is 0 Å². The highest BCUT2D eigenvalue weighted by atomic mass is 32.2. The van der Waals surface area contributed by atoms with Crippen molar-refractivity contribution in [2.24, 2.45) is 0 Å². The summed E-state index contributed by atoms with van der Waals surface area (Å²) < 4.78 is 28.7. The minimum atomic E-state index is -4.06. The van der Waals surface area contributed by atoms with Gasteiger partial charge in [0.25, 0.3) is 10.0 Å². The van der Waals surface area contributed by atoms with Gasteiger partial charge in [0.1, 0.15) is 12.6 Å². The van der Waals surface area contributed by atoms with Crippen molar-refractivity contribution < 1.29 is 18.0 Å². The topological polar surface area (TPSA) is 86.8 Å². The molecule has 2 amide bonds. The van der Waals surface area contributed by atoms with Crippen molar-refractivity contribution in [2.75, 3.05) is 10.8 Å². The molecule has 1 N–H and O–H groups in total. The molecular weight excluding hydrogens is 498 g/mol. The zero-order chi connectivity index (χ0) is 27.9. The first-order valence-electron chi connectivity index (χ1n) is 12.7. The maximum atomic E-state index is 13.9. The number of hydrogen-bond donors (Lipinski definition) is 1. The van der Waals surface area contributed by atoms with E-state index in [1.54, 1.807) is 37.3 Å². The second kappa shape index (κ2) is 12.3. The van der Waals surface area contributed by atoms with E-state index in [0.29, 0.717) is 5.69 Å². The number of aryl methyl sites for hydroxylation is 1. The van der Waals surface area contributed by atoms with E-state index in [2.05, 4.69) is 5.32 Å². The molecule has 1 atom stereocenters. The van der Waals surface area contributed by atoms with Gasteiger partial charge in [-0.15, -0.1) is 0 Å². The van der Waals surface area contributed by atoms with Gasteiger partial charge in [0.2, 0.25) is 11.8 Å². The summed E-state index contributed by atoms with van der Waals surface area (Å²) in [5.41, 5.74) is 1.78. The molecule has 0 bridgehead atoms. The first-order valence-corrected chi connectivity index (χ1v) is 14.2. The first-order chi connectivity index (χ1) is 17.9. The second-order valence-corrected chi connectivity index (χ2v) is 12.1. The average Bonchev–Trinajstić information content (AvgIpc) is 2.90. The Balaban J connectivity index is 2.01. The van der Waals surface area contributed by atoms with E-state index in [1.165, 1.54) is 17.0 Å². The third kappa shape index (κ3) is 7.44. The summed E-state index contributed by atoms with van der Waals surface area (Å²) in [6, 6.07) is 23.7. The lowest BCUT2D eigenvalue weighted by molar-refractivity contribution is -0.140. The molecule has 3 aromatic rings. The van der Waals surface area contributed by atoms with E-state index in [-0.39, 0.29) is 17.3 Å². The Morgan fingerprint density at radius 1 is 0.842 bits per heavy atom. The summed E-state index contributed by atoms with van der Waals surface area (Å²) in [6.07, 6.45) is 0.801. The molecule has 7 nitrogen and oxygen atoms in total. The Morgan fingerprint density at radius 2 is 1.39 bits per heavy atom. The number of sulfonamides is 1. The molecule has 0 fully saturated rings. The molecule has 0 heterocycles. The monoisotopic (exact) mass is 535 g/mol. The molecule has 0 saturated heterocycles. The zero-order valence-corrected chi connectivity index (χ0v) is 23.5. The summed E-state index contributed by atoms with van der Waals surface area (Å²) in [7, 11) is -4.06. The highest BCUT2D eigenvalue weighted by Crippen LogP contribution is 2.25. The molecule has 0 unspecified atom stereocenters. The largest absolute Gasteiger partial charge is 0.350 e. The van der Waals surface area contributed by atoms with Crippen LogP contribution < -0.4 is 9.62 Å². The fraction of sp³-hybridized carbons (Fsp3) is 0.333. The number of carbonyl (C=O) groups excluding carboxylic acids is 2. The maximum Gasteiger partial charge on any atom is 0.264 e. The van der Waals surface area contributed by atoms with E-state index in [9.17, 15) is 18.0 Å². The summed E-state index contributed by atoms with van der Waals surface area (Å²) >= 11 is 0. The number of amides is 2. The van der Waals surface area contributed by atoms with E-state index >= 15 is 0 Å². The van der Waals surface area contributed by atoms with Crippen LogP contribution in [0.1, 0.15) is 45.7 Å². The van der Waals surface area contributed by atoms with Crippen LogP contribution in [0.4, 0.5) is 5.69 Å². The zero-order valence-electron chi connectivity index (χ0n) is 22.7. The van der Waals surface area contributed by atoms with Gasteiger partial charge in [-0.05, 0) is 69.5 Å². The number of rotatable bonds is 10. The third-order valence-corrected chi connectivity index (χ3v) is 7.89. The average molecular weight is 536 g/mol. The van der Waals surface area contributed by atoms with Gasteiger partial charge in [-0.25, -0.2) is 8.42 Å².